The molecule has 15 heavy (non-hydrogen) atoms. The smallest absolute Gasteiger partial charge is 0.226 e. The second kappa shape index (κ2) is 6.14. The molecule has 0 bridgehead atoms. The molecule has 1 fully saturated rings. The van der Waals surface area contributed by atoms with Gasteiger partial charge in [-0.25, -0.2) is 0 Å². The molecule has 6 N–H and O–H groups in total. The zero-order valence-electron chi connectivity index (χ0n) is 8.52. The lowest BCUT2D eigenvalue weighted by Crippen LogP contribution is -2.06. The van der Waals surface area contributed by atoms with E-state index in [-0.39, 0.29) is 27.6 Å². The van der Waals surface area contributed by atoms with Crippen LogP contribution in [-0.2, 0) is 4.43 Å². The summed E-state index contributed by atoms with van der Waals surface area (Å²) in [6, 6.07) is 1.42. The van der Waals surface area contributed by atoms with E-state index in [2.05, 4.69) is 15.0 Å². The first kappa shape index (κ1) is 11.7. The van der Waals surface area contributed by atoms with Gasteiger partial charge in [0.2, 0.25) is 17.8 Å². The van der Waals surface area contributed by atoms with Crippen LogP contribution in [0, 0.1) is 0 Å². The number of rotatable bonds is 0. The van der Waals surface area contributed by atoms with Gasteiger partial charge < -0.3 is 21.6 Å². The molecule has 1 aromatic heterocycles. The fourth-order valence-corrected chi connectivity index (χ4v) is 2.28. The molecule has 84 valence electrons. The highest BCUT2D eigenvalue weighted by atomic mass is 28.2. The summed E-state index contributed by atoms with van der Waals surface area (Å²) in [5, 5.41) is 0. The number of anilines is 3. The van der Waals surface area contributed by atoms with Crippen molar-refractivity contribution in [1.82, 2.24) is 15.0 Å². The number of nitrogens with two attached hydrogens (primary N) is 3. The summed E-state index contributed by atoms with van der Waals surface area (Å²) in [7, 11) is 0.00849. The molecule has 0 aliphatic carbocycles. The molecule has 0 unspecified atom stereocenters. The minimum Gasteiger partial charge on any atom is -0.424 e. The first-order valence-corrected chi connectivity index (χ1v) is 6.36. The summed E-state index contributed by atoms with van der Waals surface area (Å²) < 4.78 is 5.21. The summed E-state index contributed by atoms with van der Waals surface area (Å²) in [5.41, 5.74) is 15.4. The van der Waals surface area contributed by atoms with E-state index in [1.807, 2.05) is 0 Å². The van der Waals surface area contributed by atoms with Crippen LogP contribution < -0.4 is 17.2 Å². The number of nitrogen functional groups attached to an aromatic ring is 3. The van der Waals surface area contributed by atoms with Crippen LogP contribution in [-0.4, -0.2) is 31.3 Å². The van der Waals surface area contributed by atoms with Crippen molar-refractivity contribution in [3.05, 3.63) is 0 Å². The lowest BCUT2D eigenvalue weighted by Gasteiger charge is -2.07. The minimum absolute atomic E-state index is 0.00849. The van der Waals surface area contributed by atoms with Crippen LogP contribution in [0.2, 0.25) is 6.04 Å². The third-order valence-corrected chi connectivity index (χ3v) is 3.13. The van der Waals surface area contributed by atoms with E-state index in [9.17, 15) is 0 Å². The molecule has 2 rings (SSSR count). The highest BCUT2D eigenvalue weighted by molar-refractivity contribution is 6.27. The molecule has 0 radical (unpaired) electrons. The Labute approximate surface area is 90.4 Å². The maximum absolute atomic E-state index is 5.21. The second-order valence-electron chi connectivity index (χ2n) is 3.08. The normalized spacial score (nSPS) is 16.8. The Morgan fingerprint density at radius 3 is 1.67 bits per heavy atom. The molecular formula is C7H16N6OSi. The van der Waals surface area contributed by atoms with E-state index in [4.69, 9.17) is 21.6 Å². The summed E-state index contributed by atoms with van der Waals surface area (Å²) in [4.78, 5) is 10.5. The van der Waals surface area contributed by atoms with Gasteiger partial charge in [0.15, 0.2) is 9.76 Å². The molecular weight excluding hydrogens is 212 g/mol. The molecule has 1 aliphatic heterocycles. The lowest BCUT2D eigenvalue weighted by atomic mass is 10.4. The molecule has 8 heteroatoms. The van der Waals surface area contributed by atoms with Crippen molar-refractivity contribution in [3.63, 3.8) is 0 Å². The van der Waals surface area contributed by atoms with Crippen LogP contribution in [0.25, 0.3) is 0 Å². The van der Waals surface area contributed by atoms with Crippen LogP contribution >= 0.6 is 0 Å². The van der Waals surface area contributed by atoms with Crippen molar-refractivity contribution in [2.75, 3.05) is 23.8 Å². The van der Waals surface area contributed by atoms with Gasteiger partial charge in [-0.3, -0.25) is 0 Å². The zero-order chi connectivity index (χ0) is 11.1. The highest BCUT2D eigenvalue weighted by Gasteiger charge is 1.96. The molecule has 0 saturated carbocycles. The summed E-state index contributed by atoms with van der Waals surface area (Å²) >= 11 is 0. The standard InChI is InChI=1S/C4H10OSi.C3H6N6/c1-2-4-6-5-3-1;4-1-7-2(5)9-3(6)8-1/h1-4,6H2;(H6,4,5,6,7,8,9). The van der Waals surface area contributed by atoms with Crippen LogP contribution in [0.1, 0.15) is 12.8 Å². The van der Waals surface area contributed by atoms with E-state index in [0.717, 1.165) is 6.61 Å². The van der Waals surface area contributed by atoms with Gasteiger partial charge in [0, 0.05) is 6.61 Å². The second-order valence-corrected chi connectivity index (χ2v) is 4.61. The van der Waals surface area contributed by atoms with Gasteiger partial charge in [-0.15, -0.1) is 0 Å². The lowest BCUT2D eigenvalue weighted by molar-refractivity contribution is 0.304. The van der Waals surface area contributed by atoms with E-state index in [1.54, 1.807) is 0 Å². The topological polar surface area (TPSA) is 126 Å². The predicted octanol–water partition coefficient (Wildman–Crippen LogP) is -1.08. The summed E-state index contributed by atoms with van der Waals surface area (Å²) in [5.74, 6) is 0.125. The Morgan fingerprint density at radius 1 is 0.933 bits per heavy atom. The van der Waals surface area contributed by atoms with Crippen LogP contribution in [0.5, 0.6) is 0 Å². The first-order chi connectivity index (χ1) is 7.18. The fraction of sp³-hybridized carbons (Fsp3) is 0.571. The Balaban J connectivity index is 0.000000162. The molecule has 7 nitrogen and oxygen atoms in total. The first-order valence-electron chi connectivity index (χ1n) is 4.79. The average molecular weight is 228 g/mol. The van der Waals surface area contributed by atoms with Crippen LogP contribution in [0.3, 0.4) is 0 Å². The third-order valence-electron chi connectivity index (χ3n) is 1.76. The molecule has 1 aromatic rings. The van der Waals surface area contributed by atoms with Crippen LogP contribution in [0.4, 0.5) is 17.8 Å². The maximum atomic E-state index is 5.21. The monoisotopic (exact) mass is 228 g/mol. The molecule has 2 heterocycles. The third kappa shape index (κ3) is 5.13. The Hall–Kier alpha value is -1.41. The van der Waals surface area contributed by atoms with Crippen molar-refractivity contribution in [3.8, 4) is 0 Å². The van der Waals surface area contributed by atoms with E-state index < -0.39 is 0 Å². The zero-order valence-corrected chi connectivity index (χ0v) is 9.93. The molecule has 0 atom stereocenters. The van der Waals surface area contributed by atoms with Crippen molar-refractivity contribution in [1.29, 1.82) is 0 Å². The van der Waals surface area contributed by atoms with Crippen molar-refractivity contribution >= 4 is 27.6 Å². The van der Waals surface area contributed by atoms with Gasteiger partial charge in [0.1, 0.15) is 0 Å². The molecule has 0 spiro atoms. The molecule has 1 aliphatic rings. The predicted molar refractivity (Wildman–Crippen MR) is 61.6 cm³/mol. The highest BCUT2D eigenvalue weighted by Crippen LogP contribution is 2.01. The van der Waals surface area contributed by atoms with Crippen molar-refractivity contribution in [2.45, 2.75) is 18.9 Å². The van der Waals surface area contributed by atoms with E-state index in [1.165, 1.54) is 18.9 Å². The Kier molecular flexibility index (Phi) is 4.77. The van der Waals surface area contributed by atoms with Gasteiger partial charge in [0.25, 0.3) is 0 Å². The summed E-state index contributed by atoms with van der Waals surface area (Å²) in [6.45, 7) is 1.06. The maximum Gasteiger partial charge on any atom is 0.226 e. The van der Waals surface area contributed by atoms with Gasteiger partial charge in [-0.1, -0.05) is 6.42 Å². The van der Waals surface area contributed by atoms with Gasteiger partial charge in [-0.05, 0) is 12.5 Å². The fourth-order valence-electron chi connectivity index (χ4n) is 1.11. The molecule has 0 amide bonds. The quantitative estimate of drug-likeness (QED) is 0.482. The van der Waals surface area contributed by atoms with E-state index in [0.29, 0.717) is 0 Å². The largest absolute Gasteiger partial charge is 0.424 e. The van der Waals surface area contributed by atoms with Gasteiger partial charge >= 0.3 is 0 Å². The average Bonchev–Trinajstić information content (AvgIpc) is 2.19. The molecule has 0 aromatic carbocycles. The Bertz CT molecular complexity index is 244. The number of aromatic nitrogens is 3. The van der Waals surface area contributed by atoms with Crippen molar-refractivity contribution in [2.24, 2.45) is 0 Å². The SMILES string of the molecule is C1CC[SiH2]OC1.Nc1nc(N)nc(N)n1. The van der Waals surface area contributed by atoms with Crippen molar-refractivity contribution < 1.29 is 4.43 Å². The minimum atomic E-state index is 0.00849. The van der Waals surface area contributed by atoms with Gasteiger partial charge in [0.05, 0.1) is 0 Å². The number of hydrogen-bond donors (Lipinski definition) is 3. The number of hydrogen-bond acceptors (Lipinski definition) is 7. The Morgan fingerprint density at radius 2 is 1.47 bits per heavy atom. The van der Waals surface area contributed by atoms with Gasteiger partial charge in [-0.2, -0.15) is 15.0 Å². The summed E-state index contributed by atoms with van der Waals surface area (Å²) in [6.07, 6.45) is 2.75. The molecule has 1 saturated heterocycles. The number of nitrogens with zero attached hydrogens (tertiary/aromatic N) is 3. The van der Waals surface area contributed by atoms with Crippen LogP contribution in [0.15, 0.2) is 0 Å². The van der Waals surface area contributed by atoms with E-state index >= 15 is 0 Å².